The lowest BCUT2D eigenvalue weighted by molar-refractivity contribution is -0.140. The molecule has 1 atom stereocenters. The third-order valence-corrected chi connectivity index (χ3v) is 5.02. The summed E-state index contributed by atoms with van der Waals surface area (Å²) < 4.78 is 26.9. The second kappa shape index (κ2) is 7.98. The minimum atomic E-state index is -0.858. The van der Waals surface area contributed by atoms with Crippen molar-refractivity contribution < 1.29 is 33.3 Å². The molecular weight excluding hydrogens is 392 g/mol. The molecule has 0 bridgehead atoms. The van der Waals surface area contributed by atoms with Gasteiger partial charge in [-0.05, 0) is 29.8 Å². The molecule has 0 aliphatic carbocycles. The number of fused-ring (bicyclic) bond motifs is 2. The van der Waals surface area contributed by atoms with Crippen molar-refractivity contribution in [2.45, 2.75) is 12.3 Å². The summed E-state index contributed by atoms with van der Waals surface area (Å²) in [7, 11) is 2.74. The van der Waals surface area contributed by atoms with Gasteiger partial charge in [0.25, 0.3) is 0 Å². The van der Waals surface area contributed by atoms with Crippen LogP contribution in [0, 0.1) is 0 Å². The highest BCUT2D eigenvalue weighted by molar-refractivity contribution is 5.85. The zero-order valence-corrected chi connectivity index (χ0v) is 16.5. The zero-order valence-electron chi connectivity index (χ0n) is 16.5. The molecule has 2 heterocycles. The predicted octanol–water partition coefficient (Wildman–Crippen LogP) is 2.97. The molecule has 4 rings (SSSR count). The van der Waals surface area contributed by atoms with Crippen LogP contribution in [0.15, 0.2) is 45.6 Å². The number of benzene rings is 2. The molecule has 0 fully saturated rings. The second-order valence-corrected chi connectivity index (χ2v) is 6.73. The van der Waals surface area contributed by atoms with E-state index in [1.54, 1.807) is 36.4 Å². The Kier molecular flexibility index (Phi) is 5.22. The third-order valence-electron chi connectivity index (χ3n) is 5.02. The topological polar surface area (TPSA) is 104 Å². The van der Waals surface area contributed by atoms with Gasteiger partial charge in [-0.25, -0.2) is 4.79 Å². The van der Waals surface area contributed by atoms with Gasteiger partial charge >= 0.3 is 11.6 Å². The van der Waals surface area contributed by atoms with E-state index in [9.17, 15) is 14.7 Å². The summed E-state index contributed by atoms with van der Waals surface area (Å²) in [5, 5.41) is 11.3. The number of ether oxygens (including phenoxy) is 4. The largest absolute Gasteiger partial charge is 0.507 e. The quantitative estimate of drug-likeness (QED) is 0.504. The predicted molar refractivity (Wildman–Crippen MR) is 107 cm³/mol. The molecule has 1 N–H and O–H groups in total. The summed E-state index contributed by atoms with van der Waals surface area (Å²) in [5.41, 5.74) is -0.0218. The Morgan fingerprint density at radius 1 is 1.17 bits per heavy atom. The van der Waals surface area contributed by atoms with Crippen LogP contribution in [0.1, 0.15) is 23.5 Å². The zero-order chi connectivity index (χ0) is 21.3. The standard InChI is InChI=1S/C22H20O8/c1-26-16-9-12(10-17-21(16)29-8-7-28-17)14(11-18(23)27-2)19-20(24)13-5-3-4-6-15(13)30-22(19)25/h3-6,9-10,14,24H,7-8,11H2,1-2H3. The van der Waals surface area contributed by atoms with Crippen molar-refractivity contribution in [1.29, 1.82) is 0 Å². The van der Waals surface area contributed by atoms with Crippen LogP contribution in [-0.2, 0) is 9.53 Å². The molecule has 1 aliphatic rings. The van der Waals surface area contributed by atoms with Gasteiger partial charge in [-0.1, -0.05) is 12.1 Å². The van der Waals surface area contributed by atoms with Gasteiger partial charge in [0.15, 0.2) is 11.5 Å². The minimum Gasteiger partial charge on any atom is -0.507 e. The summed E-state index contributed by atoms with van der Waals surface area (Å²) in [4.78, 5) is 25.0. The summed E-state index contributed by atoms with van der Waals surface area (Å²) in [6.07, 6.45) is -0.198. The van der Waals surface area contributed by atoms with Crippen molar-refractivity contribution in [3.05, 3.63) is 57.9 Å². The number of para-hydroxylation sites is 1. The Bertz CT molecular complexity index is 1150. The molecule has 3 aromatic rings. The van der Waals surface area contributed by atoms with Gasteiger partial charge in [-0.3, -0.25) is 4.79 Å². The highest BCUT2D eigenvalue weighted by atomic mass is 16.6. The molecule has 1 unspecified atom stereocenters. The molecule has 0 saturated carbocycles. The van der Waals surface area contributed by atoms with Crippen LogP contribution in [0.25, 0.3) is 11.0 Å². The van der Waals surface area contributed by atoms with Crippen molar-refractivity contribution in [3.63, 3.8) is 0 Å². The number of methoxy groups -OCH3 is 2. The molecular formula is C22H20O8. The van der Waals surface area contributed by atoms with Crippen molar-refractivity contribution in [1.82, 2.24) is 0 Å². The molecule has 1 aromatic heterocycles. The number of hydrogen-bond acceptors (Lipinski definition) is 8. The molecule has 2 aromatic carbocycles. The highest BCUT2D eigenvalue weighted by Crippen LogP contribution is 2.45. The fourth-order valence-corrected chi connectivity index (χ4v) is 3.59. The van der Waals surface area contributed by atoms with E-state index in [4.69, 9.17) is 23.4 Å². The maximum atomic E-state index is 12.8. The lowest BCUT2D eigenvalue weighted by Gasteiger charge is -2.24. The lowest BCUT2D eigenvalue weighted by atomic mass is 9.87. The summed E-state index contributed by atoms with van der Waals surface area (Å²) in [5.74, 6) is -0.399. The number of esters is 1. The molecule has 1 aliphatic heterocycles. The fourth-order valence-electron chi connectivity index (χ4n) is 3.59. The molecule has 156 valence electrons. The number of rotatable bonds is 5. The Morgan fingerprint density at radius 3 is 2.70 bits per heavy atom. The molecule has 0 amide bonds. The summed E-state index contributed by atoms with van der Waals surface area (Å²) in [6.45, 7) is 0.730. The molecule has 30 heavy (non-hydrogen) atoms. The monoisotopic (exact) mass is 412 g/mol. The van der Waals surface area contributed by atoms with Crippen molar-refractivity contribution in [2.24, 2.45) is 0 Å². The van der Waals surface area contributed by atoms with Crippen molar-refractivity contribution in [3.8, 4) is 23.0 Å². The maximum Gasteiger partial charge on any atom is 0.343 e. The van der Waals surface area contributed by atoms with E-state index < -0.39 is 17.5 Å². The average molecular weight is 412 g/mol. The van der Waals surface area contributed by atoms with Gasteiger partial charge in [0.1, 0.15) is 24.5 Å². The van der Waals surface area contributed by atoms with Gasteiger partial charge in [-0.2, -0.15) is 0 Å². The van der Waals surface area contributed by atoms with Crippen LogP contribution in [0.5, 0.6) is 23.0 Å². The van der Waals surface area contributed by atoms with Gasteiger partial charge in [0, 0.05) is 5.92 Å². The van der Waals surface area contributed by atoms with Crippen LogP contribution in [0.3, 0.4) is 0 Å². The molecule has 8 nitrogen and oxygen atoms in total. The van der Waals surface area contributed by atoms with Crippen molar-refractivity contribution in [2.75, 3.05) is 27.4 Å². The van der Waals surface area contributed by atoms with Crippen LogP contribution >= 0.6 is 0 Å². The smallest absolute Gasteiger partial charge is 0.343 e. The SMILES string of the molecule is COC(=O)CC(c1cc(OC)c2c(c1)OCCO2)c1c(O)c2ccccc2oc1=O. The van der Waals surface area contributed by atoms with Crippen LogP contribution < -0.4 is 19.8 Å². The van der Waals surface area contributed by atoms with E-state index in [1.165, 1.54) is 14.2 Å². The Labute approximate surface area is 171 Å². The van der Waals surface area contributed by atoms with E-state index >= 15 is 0 Å². The first-order valence-electron chi connectivity index (χ1n) is 9.32. The minimum absolute atomic E-state index is 0.0437. The first kappa shape index (κ1) is 19.6. The first-order valence-corrected chi connectivity index (χ1v) is 9.32. The van der Waals surface area contributed by atoms with E-state index in [0.717, 1.165) is 0 Å². The summed E-state index contributed by atoms with van der Waals surface area (Å²) >= 11 is 0. The lowest BCUT2D eigenvalue weighted by Crippen LogP contribution is -2.20. The first-order chi connectivity index (χ1) is 14.5. The number of carbonyl (C=O) groups is 1. The number of carbonyl (C=O) groups excluding carboxylic acids is 1. The maximum absolute atomic E-state index is 12.8. The van der Waals surface area contributed by atoms with E-state index in [0.29, 0.717) is 41.4 Å². The van der Waals surface area contributed by atoms with Gasteiger partial charge < -0.3 is 28.5 Å². The van der Waals surface area contributed by atoms with Gasteiger partial charge in [0.05, 0.1) is 31.6 Å². The van der Waals surface area contributed by atoms with Gasteiger partial charge in [0.2, 0.25) is 5.75 Å². The average Bonchev–Trinajstić information content (AvgIpc) is 2.77. The molecule has 0 radical (unpaired) electrons. The Hall–Kier alpha value is -3.68. The van der Waals surface area contributed by atoms with Crippen molar-refractivity contribution >= 4 is 16.9 Å². The Balaban J connectivity index is 1.94. The number of aromatic hydroxyl groups is 1. The van der Waals surface area contributed by atoms with Crippen LogP contribution in [0.2, 0.25) is 0 Å². The third kappa shape index (κ3) is 3.41. The van der Waals surface area contributed by atoms with E-state index in [2.05, 4.69) is 0 Å². The molecule has 8 heteroatoms. The second-order valence-electron chi connectivity index (χ2n) is 6.73. The Morgan fingerprint density at radius 2 is 1.93 bits per heavy atom. The number of hydrogen-bond donors (Lipinski definition) is 1. The van der Waals surface area contributed by atoms with Crippen LogP contribution in [-0.4, -0.2) is 38.5 Å². The van der Waals surface area contributed by atoms with Crippen LogP contribution in [0.4, 0.5) is 0 Å². The fraction of sp³-hybridized carbons (Fsp3) is 0.273. The van der Waals surface area contributed by atoms with E-state index in [1.807, 2.05) is 0 Å². The summed E-state index contributed by atoms with van der Waals surface area (Å²) in [6, 6.07) is 9.95. The molecule has 0 spiro atoms. The normalized spacial score (nSPS) is 13.7. The van der Waals surface area contributed by atoms with Gasteiger partial charge in [-0.15, -0.1) is 0 Å². The van der Waals surface area contributed by atoms with E-state index in [-0.39, 0.29) is 23.3 Å². The highest BCUT2D eigenvalue weighted by Gasteiger charge is 2.30. The molecule has 0 saturated heterocycles.